The number of hydrogen-bond donors (Lipinski definition) is 0. The maximum Gasteiger partial charge on any atom is 0.269 e. The lowest BCUT2D eigenvalue weighted by Crippen LogP contribution is -2.48. The van der Waals surface area contributed by atoms with E-state index in [1.165, 1.54) is 12.1 Å². The van der Waals surface area contributed by atoms with Gasteiger partial charge in [0.1, 0.15) is 0 Å². The second-order valence-electron chi connectivity index (χ2n) is 4.59. The number of benzene rings is 1. The fourth-order valence-corrected chi connectivity index (χ4v) is 2.22. The molecule has 1 saturated heterocycles. The number of non-ortho nitro benzene ring substituents is 1. The average molecular weight is 275 g/mol. The number of nitrogens with zero attached hydrogens (tertiary/aromatic N) is 3. The first-order valence-electron chi connectivity index (χ1n) is 6.53. The third kappa shape index (κ3) is 3.14. The van der Waals surface area contributed by atoms with Gasteiger partial charge >= 0.3 is 0 Å². The van der Waals surface area contributed by atoms with E-state index in [-0.39, 0.29) is 11.6 Å². The van der Waals surface area contributed by atoms with E-state index in [0.717, 1.165) is 18.8 Å². The van der Waals surface area contributed by atoms with E-state index >= 15 is 0 Å². The molecule has 0 radical (unpaired) electrons. The van der Waals surface area contributed by atoms with Crippen molar-refractivity contribution < 1.29 is 9.72 Å². The van der Waals surface area contributed by atoms with Crippen LogP contribution in [0, 0.1) is 10.1 Å². The molecule has 1 aliphatic heterocycles. The van der Waals surface area contributed by atoms with Gasteiger partial charge in [0.15, 0.2) is 0 Å². The summed E-state index contributed by atoms with van der Waals surface area (Å²) in [4.78, 5) is 25.8. The number of carbonyl (C=O) groups excluding carboxylic acids is 1. The van der Waals surface area contributed by atoms with Gasteiger partial charge < -0.3 is 9.80 Å². The Morgan fingerprint density at radius 3 is 2.30 bits per heavy atom. The Morgan fingerprint density at radius 2 is 1.80 bits per heavy atom. The number of piperazine rings is 1. The number of rotatable bonds is 3. The molecule has 1 aromatic carbocycles. The minimum Gasteiger partial charge on any atom is -0.368 e. The van der Waals surface area contributed by atoms with E-state index in [2.05, 4.69) is 4.90 Å². The molecule has 0 aliphatic carbocycles. The molecule has 6 heteroatoms. The van der Waals surface area contributed by atoms with Crippen molar-refractivity contribution in [3.8, 4) is 0 Å². The van der Waals surface area contributed by atoms with Crippen LogP contribution in [0.5, 0.6) is 0 Å². The first-order valence-corrected chi connectivity index (χ1v) is 6.53. The summed E-state index contributed by atoms with van der Waals surface area (Å²) in [5.74, 6) is 0.0378. The zero-order valence-electron chi connectivity index (χ0n) is 11.4. The van der Waals surface area contributed by atoms with Gasteiger partial charge in [-0.1, -0.05) is 6.08 Å². The van der Waals surface area contributed by atoms with Gasteiger partial charge in [-0.25, -0.2) is 0 Å². The van der Waals surface area contributed by atoms with Crippen molar-refractivity contribution in [2.45, 2.75) is 6.92 Å². The summed E-state index contributed by atoms with van der Waals surface area (Å²) in [6.45, 7) is 4.63. The van der Waals surface area contributed by atoms with Crippen LogP contribution in [0.4, 0.5) is 11.4 Å². The number of allylic oxidation sites excluding steroid dienone is 1. The van der Waals surface area contributed by atoms with Crippen LogP contribution in [0.25, 0.3) is 0 Å². The predicted octanol–water partition coefficient (Wildman–Crippen LogP) is 1.82. The molecule has 20 heavy (non-hydrogen) atoms. The molecule has 106 valence electrons. The van der Waals surface area contributed by atoms with Crippen molar-refractivity contribution in [2.75, 3.05) is 31.1 Å². The topological polar surface area (TPSA) is 66.7 Å². The van der Waals surface area contributed by atoms with E-state index in [9.17, 15) is 14.9 Å². The first-order chi connectivity index (χ1) is 9.61. The van der Waals surface area contributed by atoms with Crippen LogP contribution in [-0.4, -0.2) is 41.9 Å². The van der Waals surface area contributed by atoms with E-state index in [4.69, 9.17) is 0 Å². The third-order valence-corrected chi connectivity index (χ3v) is 3.33. The summed E-state index contributed by atoms with van der Waals surface area (Å²) >= 11 is 0. The Morgan fingerprint density at radius 1 is 1.20 bits per heavy atom. The summed E-state index contributed by atoms with van der Waals surface area (Å²) in [6.07, 6.45) is 3.31. The van der Waals surface area contributed by atoms with Gasteiger partial charge in [-0.05, 0) is 25.1 Å². The largest absolute Gasteiger partial charge is 0.368 e. The van der Waals surface area contributed by atoms with Gasteiger partial charge in [-0.15, -0.1) is 0 Å². The molecule has 1 heterocycles. The van der Waals surface area contributed by atoms with Crippen molar-refractivity contribution in [1.82, 2.24) is 4.90 Å². The molecule has 0 bridgehead atoms. The van der Waals surface area contributed by atoms with Gasteiger partial charge in [0.25, 0.3) is 5.69 Å². The van der Waals surface area contributed by atoms with Crippen molar-refractivity contribution in [1.29, 1.82) is 0 Å². The molecular formula is C14H17N3O3. The van der Waals surface area contributed by atoms with E-state index in [0.29, 0.717) is 13.1 Å². The molecular weight excluding hydrogens is 258 g/mol. The molecule has 0 spiro atoms. The Labute approximate surface area is 117 Å². The lowest BCUT2D eigenvalue weighted by Gasteiger charge is -2.35. The van der Waals surface area contributed by atoms with Crippen LogP contribution in [-0.2, 0) is 4.79 Å². The summed E-state index contributed by atoms with van der Waals surface area (Å²) in [5.41, 5.74) is 1.05. The zero-order chi connectivity index (χ0) is 14.5. The van der Waals surface area contributed by atoms with Gasteiger partial charge in [0.05, 0.1) is 4.92 Å². The van der Waals surface area contributed by atoms with Crippen molar-refractivity contribution in [3.63, 3.8) is 0 Å². The van der Waals surface area contributed by atoms with Gasteiger partial charge in [-0.3, -0.25) is 14.9 Å². The quantitative estimate of drug-likeness (QED) is 0.479. The molecule has 2 rings (SSSR count). The first kappa shape index (κ1) is 14.0. The van der Waals surface area contributed by atoms with Crippen molar-refractivity contribution in [3.05, 3.63) is 46.5 Å². The molecule has 1 aromatic rings. The van der Waals surface area contributed by atoms with Crippen molar-refractivity contribution in [2.24, 2.45) is 0 Å². The maximum absolute atomic E-state index is 11.7. The lowest BCUT2D eigenvalue weighted by atomic mass is 10.2. The van der Waals surface area contributed by atoms with Gasteiger partial charge in [0, 0.05) is 44.0 Å². The Kier molecular flexibility index (Phi) is 4.34. The predicted molar refractivity (Wildman–Crippen MR) is 76.7 cm³/mol. The number of hydrogen-bond acceptors (Lipinski definition) is 4. The fraction of sp³-hybridized carbons (Fsp3) is 0.357. The standard InChI is InChI=1S/C14H17N3O3/c1-2-3-14(18)16-10-8-15(9-11-16)12-4-6-13(7-5-12)17(19)20/h2-7H,8-11H2,1H3. The molecule has 1 amide bonds. The van der Waals surface area contributed by atoms with E-state index < -0.39 is 4.92 Å². The van der Waals surface area contributed by atoms with Crippen LogP contribution < -0.4 is 4.90 Å². The molecule has 1 aliphatic rings. The van der Waals surface area contributed by atoms with Crippen LogP contribution in [0.15, 0.2) is 36.4 Å². The summed E-state index contributed by atoms with van der Waals surface area (Å²) in [5, 5.41) is 10.6. The normalized spacial score (nSPS) is 15.7. The fourth-order valence-electron chi connectivity index (χ4n) is 2.22. The minimum absolute atomic E-state index is 0.0378. The second-order valence-corrected chi connectivity index (χ2v) is 4.59. The van der Waals surface area contributed by atoms with E-state index in [1.54, 1.807) is 24.3 Å². The molecule has 0 aromatic heterocycles. The SMILES string of the molecule is CC=CC(=O)N1CCN(c2ccc([N+](=O)[O-])cc2)CC1. The van der Waals surface area contributed by atoms with Crippen LogP contribution in [0.3, 0.4) is 0 Å². The highest BCUT2D eigenvalue weighted by Gasteiger charge is 2.20. The summed E-state index contributed by atoms with van der Waals surface area (Å²) < 4.78 is 0. The smallest absolute Gasteiger partial charge is 0.269 e. The molecule has 1 fully saturated rings. The highest BCUT2D eigenvalue weighted by molar-refractivity contribution is 5.87. The van der Waals surface area contributed by atoms with E-state index in [1.807, 2.05) is 11.8 Å². The highest BCUT2D eigenvalue weighted by Crippen LogP contribution is 2.20. The number of nitro groups is 1. The average Bonchev–Trinajstić information content (AvgIpc) is 2.48. The highest BCUT2D eigenvalue weighted by atomic mass is 16.6. The second kappa shape index (κ2) is 6.18. The number of amides is 1. The Balaban J connectivity index is 1.96. The number of nitro benzene ring substituents is 1. The van der Waals surface area contributed by atoms with Crippen LogP contribution in [0.2, 0.25) is 0 Å². The minimum atomic E-state index is -0.405. The van der Waals surface area contributed by atoms with Gasteiger partial charge in [0.2, 0.25) is 5.91 Å². The zero-order valence-corrected chi connectivity index (χ0v) is 11.4. The number of carbonyl (C=O) groups is 1. The Hall–Kier alpha value is -2.37. The van der Waals surface area contributed by atoms with Crippen LogP contribution in [0.1, 0.15) is 6.92 Å². The van der Waals surface area contributed by atoms with Crippen molar-refractivity contribution >= 4 is 17.3 Å². The molecule has 6 nitrogen and oxygen atoms in total. The Bertz CT molecular complexity index is 517. The third-order valence-electron chi connectivity index (χ3n) is 3.33. The number of anilines is 1. The molecule has 0 atom stereocenters. The lowest BCUT2D eigenvalue weighted by molar-refractivity contribution is -0.384. The summed E-state index contributed by atoms with van der Waals surface area (Å²) in [7, 11) is 0. The van der Waals surface area contributed by atoms with Gasteiger partial charge in [-0.2, -0.15) is 0 Å². The van der Waals surface area contributed by atoms with Crippen LogP contribution >= 0.6 is 0 Å². The monoisotopic (exact) mass is 275 g/mol. The summed E-state index contributed by atoms with van der Waals surface area (Å²) in [6, 6.07) is 6.52. The maximum atomic E-state index is 11.7. The molecule has 0 N–H and O–H groups in total. The molecule has 0 unspecified atom stereocenters. The molecule has 0 saturated carbocycles.